The topological polar surface area (TPSA) is 132 Å². The van der Waals surface area contributed by atoms with E-state index in [1.54, 1.807) is 19.4 Å². The van der Waals surface area contributed by atoms with Crippen LogP contribution in [0.1, 0.15) is 67.1 Å². The summed E-state index contributed by atoms with van der Waals surface area (Å²) in [5, 5.41) is 17.6. The molecule has 0 radical (unpaired) electrons. The van der Waals surface area contributed by atoms with Crippen LogP contribution in [0.5, 0.6) is 5.75 Å². The van der Waals surface area contributed by atoms with Crippen molar-refractivity contribution in [3.05, 3.63) is 71.2 Å². The first kappa shape index (κ1) is 26.9. The van der Waals surface area contributed by atoms with E-state index < -0.39 is 11.4 Å². The lowest BCUT2D eigenvalue weighted by molar-refractivity contribution is -0.148. The number of hydrogen-bond donors (Lipinski definition) is 3. The number of methoxy groups -OCH3 is 1. The number of nitrogens with one attached hydrogen (secondary N) is 3. The molecule has 0 bridgehead atoms. The molecule has 2 aliphatic rings. The van der Waals surface area contributed by atoms with Crippen LogP contribution in [0.2, 0.25) is 0 Å². The lowest BCUT2D eigenvalue weighted by Crippen LogP contribution is -2.50. The zero-order chi connectivity index (χ0) is 28.6. The number of anilines is 2. The maximum absolute atomic E-state index is 13.5. The lowest BCUT2D eigenvalue weighted by atomic mass is 9.76. The van der Waals surface area contributed by atoms with E-state index in [0.29, 0.717) is 31.1 Å². The standard InChI is InChI=1S/C29H33FN8O3/c1-17-12-24(37-36-17)34-23-13-20-8-11-41-27(20)26(35-23)19-6-9-29(40-3,10-7-19)28(39)33-18(2)21-4-5-25(31-14-21)38-16-22(30)15-32-38/h4-5,12-16,18-19H,6-11H2,1-3H3,(H,33,39)(H2,34,35,36,37)/t18-,19-,29+/m0/s1. The van der Waals surface area contributed by atoms with Gasteiger partial charge < -0.3 is 20.1 Å². The molecule has 1 atom stereocenters. The third-order valence-corrected chi connectivity index (χ3v) is 8.04. The monoisotopic (exact) mass is 560 g/mol. The van der Waals surface area contributed by atoms with E-state index in [0.717, 1.165) is 59.5 Å². The van der Waals surface area contributed by atoms with Crippen molar-refractivity contribution in [2.75, 3.05) is 19.0 Å². The van der Waals surface area contributed by atoms with Crippen molar-refractivity contribution in [1.29, 1.82) is 0 Å². The van der Waals surface area contributed by atoms with E-state index in [-0.39, 0.29) is 17.9 Å². The third kappa shape index (κ3) is 5.39. The number of amides is 1. The predicted octanol–water partition coefficient (Wildman–Crippen LogP) is 4.43. The highest BCUT2D eigenvalue weighted by Crippen LogP contribution is 2.45. The van der Waals surface area contributed by atoms with Gasteiger partial charge in [-0.25, -0.2) is 19.0 Å². The average molecular weight is 561 g/mol. The smallest absolute Gasteiger partial charge is 0.252 e. The number of hydrogen-bond acceptors (Lipinski definition) is 8. The van der Waals surface area contributed by atoms with Crippen LogP contribution >= 0.6 is 0 Å². The summed E-state index contributed by atoms with van der Waals surface area (Å²) >= 11 is 0. The molecule has 0 spiro atoms. The lowest BCUT2D eigenvalue weighted by Gasteiger charge is -2.38. The minimum Gasteiger partial charge on any atom is -0.491 e. The first-order valence-corrected chi connectivity index (χ1v) is 13.8. The van der Waals surface area contributed by atoms with Gasteiger partial charge in [0.1, 0.15) is 17.2 Å². The van der Waals surface area contributed by atoms with Crippen molar-refractivity contribution >= 4 is 17.5 Å². The largest absolute Gasteiger partial charge is 0.491 e. The van der Waals surface area contributed by atoms with Crippen molar-refractivity contribution in [2.24, 2.45) is 0 Å². The van der Waals surface area contributed by atoms with Crippen LogP contribution < -0.4 is 15.4 Å². The van der Waals surface area contributed by atoms with Crippen LogP contribution in [0.4, 0.5) is 16.0 Å². The van der Waals surface area contributed by atoms with Gasteiger partial charge in [0.05, 0.1) is 30.7 Å². The highest BCUT2D eigenvalue weighted by molar-refractivity contribution is 5.85. The second kappa shape index (κ2) is 10.9. The van der Waals surface area contributed by atoms with E-state index in [4.69, 9.17) is 14.5 Å². The number of rotatable bonds is 8. The van der Waals surface area contributed by atoms with Crippen LogP contribution in [0.15, 0.2) is 42.9 Å². The number of fused-ring (bicyclic) bond motifs is 1. The van der Waals surface area contributed by atoms with Crippen molar-refractivity contribution in [3.8, 4) is 11.6 Å². The molecule has 11 nitrogen and oxygen atoms in total. The molecule has 4 aromatic heterocycles. The van der Waals surface area contributed by atoms with Gasteiger partial charge in [0.25, 0.3) is 5.91 Å². The van der Waals surface area contributed by atoms with Gasteiger partial charge in [0.15, 0.2) is 17.5 Å². The van der Waals surface area contributed by atoms with Crippen molar-refractivity contribution in [1.82, 2.24) is 35.3 Å². The Hall–Kier alpha value is -4.32. The van der Waals surface area contributed by atoms with Gasteiger partial charge in [-0.15, -0.1) is 0 Å². The normalized spacial score (nSPS) is 20.7. The first-order valence-electron chi connectivity index (χ1n) is 13.8. The number of H-pyrrole nitrogens is 1. The summed E-state index contributed by atoms with van der Waals surface area (Å²) in [7, 11) is 1.60. The fourth-order valence-electron chi connectivity index (χ4n) is 5.69. The van der Waals surface area contributed by atoms with Gasteiger partial charge >= 0.3 is 0 Å². The van der Waals surface area contributed by atoms with E-state index in [2.05, 4.69) is 30.9 Å². The molecule has 6 rings (SSSR count). The van der Waals surface area contributed by atoms with E-state index >= 15 is 0 Å². The predicted molar refractivity (Wildman–Crippen MR) is 149 cm³/mol. The molecule has 1 saturated carbocycles. The molecule has 1 amide bonds. The number of aromatic amines is 1. The minimum atomic E-state index is -0.933. The maximum Gasteiger partial charge on any atom is 0.252 e. The second-order valence-electron chi connectivity index (χ2n) is 10.8. The van der Waals surface area contributed by atoms with Gasteiger partial charge in [-0.3, -0.25) is 9.89 Å². The van der Waals surface area contributed by atoms with E-state index in [1.807, 2.05) is 32.0 Å². The summed E-state index contributed by atoms with van der Waals surface area (Å²) in [6.07, 6.45) is 7.47. The number of carbonyl (C=O) groups excluding carboxylic acids is 1. The van der Waals surface area contributed by atoms with Crippen LogP contribution in [-0.4, -0.2) is 55.2 Å². The maximum atomic E-state index is 13.5. The number of aromatic nitrogens is 6. The highest BCUT2D eigenvalue weighted by Gasteiger charge is 2.44. The van der Waals surface area contributed by atoms with Gasteiger partial charge in [-0.05, 0) is 57.2 Å². The Labute approximate surface area is 236 Å². The summed E-state index contributed by atoms with van der Waals surface area (Å²) in [5.74, 6) is 2.37. The second-order valence-corrected chi connectivity index (χ2v) is 10.8. The molecule has 0 saturated heterocycles. The number of halogens is 1. The Morgan fingerprint density at radius 3 is 2.73 bits per heavy atom. The minimum absolute atomic E-state index is 0.141. The summed E-state index contributed by atoms with van der Waals surface area (Å²) in [6, 6.07) is 7.26. The Morgan fingerprint density at radius 1 is 1.24 bits per heavy atom. The van der Waals surface area contributed by atoms with Crippen molar-refractivity contribution < 1.29 is 18.7 Å². The summed E-state index contributed by atoms with van der Waals surface area (Å²) in [6.45, 7) is 4.49. The SMILES string of the molecule is CO[C@]1(C(=O)N[C@@H](C)c2ccc(-n3cc(F)cn3)nc2)CC[C@H](c2nc(Nc3cc(C)[nH]n3)cc3c2OCC3)CC1. The number of aryl methyl sites for hydroxylation is 1. The number of nitrogens with zero attached hydrogens (tertiary/aromatic N) is 5. The van der Waals surface area contributed by atoms with Gasteiger partial charge in [-0.2, -0.15) is 10.2 Å². The summed E-state index contributed by atoms with van der Waals surface area (Å²) in [5.41, 5.74) is 2.92. The molecule has 1 fully saturated rings. The van der Waals surface area contributed by atoms with E-state index in [1.165, 1.54) is 10.9 Å². The first-order chi connectivity index (χ1) is 19.8. The molecule has 5 heterocycles. The number of carbonyl (C=O) groups is 1. The molecule has 214 valence electrons. The van der Waals surface area contributed by atoms with Crippen LogP contribution in [0.25, 0.3) is 5.82 Å². The molecule has 0 unspecified atom stereocenters. The Balaban J connectivity index is 1.13. The highest BCUT2D eigenvalue weighted by atomic mass is 19.1. The average Bonchev–Trinajstić information content (AvgIpc) is 3.74. The summed E-state index contributed by atoms with van der Waals surface area (Å²) in [4.78, 5) is 22.9. The molecule has 1 aliphatic carbocycles. The van der Waals surface area contributed by atoms with Crippen LogP contribution in [-0.2, 0) is 16.0 Å². The quantitative estimate of drug-likeness (QED) is 0.288. The zero-order valence-corrected chi connectivity index (χ0v) is 23.3. The molecular formula is C29H33FN8O3. The molecule has 4 aromatic rings. The summed E-state index contributed by atoms with van der Waals surface area (Å²) < 4.78 is 26.6. The van der Waals surface area contributed by atoms with Gasteiger partial charge in [0, 0.05) is 43.0 Å². The Bertz CT molecular complexity index is 1540. The van der Waals surface area contributed by atoms with Gasteiger partial charge in [-0.1, -0.05) is 6.07 Å². The number of ether oxygens (including phenoxy) is 2. The molecule has 12 heteroatoms. The Kier molecular flexibility index (Phi) is 7.16. The molecule has 1 aliphatic heterocycles. The van der Waals surface area contributed by atoms with Crippen LogP contribution in [0.3, 0.4) is 0 Å². The fourth-order valence-corrected chi connectivity index (χ4v) is 5.69. The number of pyridine rings is 2. The molecule has 41 heavy (non-hydrogen) atoms. The zero-order valence-electron chi connectivity index (χ0n) is 23.3. The fraction of sp³-hybridized carbons (Fsp3) is 0.414. The van der Waals surface area contributed by atoms with E-state index in [9.17, 15) is 9.18 Å². The Morgan fingerprint density at radius 2 is 2.07 bits per heavy atom. The molecular weight excluding hydrogens is 527 g/mol. The molecule has 3 N–H and O–H groups in total. The van der Waals surface area contributed by atoms with Crippen molar-refractivity contribution in [3.63, 3.8) is 0 Å². The third-order valence-electron chi connectivity index (χ3n) is 8.04. The van der Waals surface area contributed by atoms with Crippen molar-refractivity contribution in [2.45, 2.75) is 63.5 Å². The van der Waals surface area contributed by atoms with Crippen LogP contribution in [0, 0.1) is 12.7 Å². The molecule has 0 aromatic carbocycles. The van der Waals surface area contributed by atoms with Gasteiger partial charge in [0.2, 0.25) is 0 Å².